The van der Waals surface area contributed by atoms with E-state index in [0.717, 1.165) is 11.6 Å². The number of aliphatic hydroxyl groups is 1. The summed E-state index contributed by atoms with van der Waals surface area (Å²) >= 11 is 0. The number of anilines is 2. The Balaban J connectivity index is 2.76. The number of hydrogen-bond donors (Lipinski definition) is 3. The number of rotatable bonds is 8. The molecule has 0 aliphatic heterocycles. The highest BCUT2D eigenvalue weighted by atomic mass is 16.5. The lowest BCUT2D eigenvalue weighted by atomic mass is 10.2. The maximum absolute atomic E-state index is 8.88. The van der Waals surface area contributed by atoms with E-state index in [2.05, 4.69) is 20.6 Å². The van der Waals surface area contributed by atoms with Crippen molar-refractivity contribution >= 4 is 11.6 Å². The molecule has 0 spiro atoms. The van der Waals surface area contributed by atoms with Gasteiger partial charge in [-0.25, -0.2) is 9.97 Å². The molecular formula is C12H22N4O2. The van der Waals surface area contributed by atoms with Gasteiger partial charge in [-0.3, -0.25) is 0 Å². The molecule has 0 saturated heterocycles. The molecule has 6 nitrogen and oxygen atoms in total. The normalized spacial score (nSPS) is 12.2. The van der Waals surface area contributed by atoms with Crippen LogP contribution in [0.25, 0.3) is 0 Å². The predicted molar refractivity (Wildman–Crippen MR) is 71.7 cm³/mol. The third kappa shape index (κ3) is 4.85. The van der Waals surface area contributed by atoms with Crippen LogP contribution in [0.3, 0.4) is 0 Å². The molecule has 0 radical (unpaired) electrons. The van der Waals surface area contributed by atoms with Gasteiger partial charge in [-0.05, 0) is 20.3 Å². The molecule has 1 unspecified atom stereocenters. The van der Waals surface area contributed by atoms with Crippen molar-refractivity contribution in [3.63, 3.8) is 0 Å². The van der Waals surface area contributed by atoms with Crippen LogP contribution in [0.2, 0.25) is 0 Å². The van der Waals surface area contributed by atoms with Gasteiger partial charge in [0.1, 0.15) is 18.2 Å². The second-order valence-corrected chi connectivity index (χ2v) is 4.00. The average Bonchev–Trinajstić information content (AvgIpc) is 2.36. The molecule has 0 aromatic carbocycles. The summed E-state index contributed by atoms with van der Waals surface area (Å²) in [5, 5.41) is 15.1. The molecule has 0 aliphatic carbocycles. The highest BCUT2D eigenvalue weighted by Crippen LogP contribution is 2.13. The Labute approximate surface area is 108 Å². The summed E-state index contributed by atoms with van der Waals surface area (Å²) in [6, 6.07) is 2.00. The minimum Gasteiger partial charge on any atom is -0.396 e. The van der Waals surface area contributed by atoms with E-state index in [-0.39, 0.29) is 12.6 Å². The van der Waals surface area contributed by atoms with Crippen LogP contribution in [0.4, 0.5) is 11.6 Å². The minimum absolute atomic E-state index is 0.157. The topological polar surface area (TPSA) is 79.3 Å². The lowest BCUT2D eigenvalue weighted by Crippen LogP contribution is -2.18. The predicted octanol–water partition coefficient (Wildman–Crippen LogP) is 1.24. The molecule has 0 fully saturated rings. The van der Waals surface area contributed by atoms with Crippen LogP contribution in [0.5, 0.6) is 0 Å². The first kappa shape index (κ1) is 14.7. The molecule has 102 valence electrons. The lowest BCUT2D eigenvalue weighted by Gasteiger charge is -2.14. The summed E-state index contributed by atoms with van der Waals surface area (Å²) in [7, 11) is 1.81. The molecule has 1 rings (SSSR count). The summed E-state index contributed by atoms with van der Waals surface area (Å²) in [4.78, 5) is 8.68. The van der Waals surface area contributed by atoms with Crippen molar-refractivity contribution in [1.82, 2.24) is 9.97 Å². The van der Waals surface area contributed by atoms with Gasteiger partial charge < -0.3 is 20.5 Å². The maximum atomic E-state index is 8.88. The van der Waals surface area contributed by atoms with Gasteiger partial charge in [-0.2, -0.15) is 0 Å². The molecule has 1 aromatic heterocycles. The van der Waals surface area contributed by atoms with Gasteiger partial charge in [-0.15, -0.1) is 0 Å². The maximum Gasteiger partial charge on any atom is 0.158 e. The molecule has 6 heteroatoms. The summed E-state index contributed by atoms with van der Waals surface area (Å²) in [6.07, 6.45) is 0.680. The quantitative estimate of drug-likeness (QED) is 0.647. The molecule has 1 atom stereocenters. The van der Waals surface area contributed by atoms with E-state index in [1.54, 1.807) is 0 Å². The molecule has 3 N–H and O–H groups in total. The Morgan fingerprint density at radius 1 is 1.39 bits per heavy atom. The summed E-state index contributed by atoms with van der Waals surface area (Å²) in [5.41, 5.74) is 0. The highest BCUT2D eigenvalue weighted by molar-refractivity contribution is 5.47. The first-order valence-corrected chi connectivity index (χ1v) is 6.20. The zero-order valence-corrected chi connectivity index (χ0v) is 11.2. The third-order valence-corrected chi connectivity index (χ3v) is 2.42. The molecule has 0 amide bonds. The molecule has 1 aromatic rings. The first-order chi connectivity index (χ1) is 8.69. The third-order valence-electron chi connectivity index (χ3n) is 2.42. The van der Waals surface area contributed by atoms with E-state index in [1.165, 1.54) is 0 Å². The van der Waals surface area contributed by atoms with Gasteiger partial charge in [0.2, 0.25) is 0 Å². The Hall–Kier alpha value is -1.40. The van der Waals surface area contributed by atoms with Crippen molar-refractivity contribution < 1.29 is 9.84 Å². The van der Waals surface area contributed by atoms with Gasteiger partial charge >= 0.3 is 0 Å². The Kier molecular flexibility index (Phi) is 6.38. The zero-order chi connectivity index (χ0) is 13.4. The highest BCUT2D eigenvalue weighted by Gasteiger charge is 2.07. The number of nitrogens with zero attached hydrogens (tertiary/aromatic N) is 2. The summed E-state index contributed by atoms with van der Waals surface area (Å²) < 4.78 is 5.31. The smallest absolute Gasteiger partial charge is 0.158 e. The minimum atomic E-state index is 0.157. The number of aromatic nitrogens is 2. The number of nitrogens with one attached hydrogen (secondary N) is 2. The molecule has 0 saturated carbocycles. The monoisotopic (exact) mass is 254 g/mol. The van der Waals surface area contributed by atoms with Crippen molar-refractivity contribution in [2.75, 3.05) is 30.9 Å². The Morgan fingerprint density at radius 2 is 2.11 bits per heavy atom. The van der Waals surface area contributed by atoms with Crippen molar-refractivity contribution in [2.24, 2.45) is 0 Å². The summed E-state index contributed by atoms with van der Waals surface area (Å²) in [6.45, 7) is 5.12. The van der Waals surface area contributed by atoms with Crippen LogP contribution < -0.4 is 10.6 Å². The van der Waals surface area contributed by atoms with Crippen molar-refractivity contribution in [3.8, 4) is 0 Å². The van der Waals surface area contributed by atoms with Gasteiger partial charge in [0.15, 0.2) is 5.82 Å². The fourth-order valence-corrected chi connectivity index (χ4v) is 1.48. The molecule has 1 heterocycles. The van der Waals surface area contributed by atoms with E-state index < -0.39 is 0 Å². The van der Waals surface area contributed by atoms with E-state index in [4.69, 9.17) is 9.84 Å². The second-order valence-electron chi connectivity index (χ2n) is 4.00. The van der Waals surface area contributed by atoms with Crippen molar-refractivity contribution in [1.29, 1.82) is 0 Å². The van der Waals surface area contributed by atoms with Gasteiger partial charge in [0.25, 0.3) is 0 Å². The lowest BCUT2D eigenvalue weighted by molar-refractivity contribution is 0.128. The fraction of sp³-hybridized carbons (Fsp3) is 0.667. The van der Waals surface area contributed by atoms with Gasteiger partial charge in [0, 0.05) is 32.4 Å². The Morgan fingerprint density at radius 3 is 2.72 bits per heavy atom. The molecule has 0 bridgehead atoms. The molecular weight excluding hydrogens is 232 g/mol. The standard InChI is InChI=1S/C12H22N4O2/c1-4-18-8-12-15-10(13-3)7-11(16-12)14-9(2)5-6-17/h7,9,17H,4-6,8H2,1-3H3,(H2,13,14,15,16). The van der Waals surface area contributed by atoms with E-state index in [0.29, 0.717) is 25.5 Å². The van der Waals surface area contributed by atoms with Crippen LogP contribution in [-0.2, 0) is 11.3 Å². The van der Waals surface area contributed by atoms with Gasteiger partial charge in [-0.1, -0.05) is 0 Å². The Bertz CT molecular complexity index is 360. The van der Waals surface area contributed by atoms with Crippen LogP contribution in [-0.4, -0.2) is 41.4 Å². The van der Waals surface area contributed by atoms with Crippen LogP contribution in [0, 0.1) is 0 Å². The van der Waals surface area contributed by atoms with E-state index in [9.17, 15) is 0 Å². The van der Waals surface area contributed by atoms with E-state index >= 15 is 0 Å². The van der Waals surface area contributed by atoms with E-state index in [1.807, 2.05) is 27.0 Å². The fourth-order valence-electron chi connectivity index (χ4n) is 1.48. The molecule has 0 aliphatic rings. The average molecular weight is 254 g/mol. The number of ether oxygens (including phenoxy) is 1. The first-order valence-electron chi connectivity index (χ1n) is 6.20. The number of aliphatic hydroxyl groups excluding tert-OH is 1. The molecule has 18 heavy (non-hydrogen) atoms. The zero-order valence-electron chi connectivity index (χ0n) is 11.2. The largest absolute Gasteiger partial charge is 0.396 e. The SMILES string of the molecule is CCOCc1nc(NC)cc(NC(C)CCO)n1. The van der Waals surface area contributed by atoms with Crippen LogP contribution in [0.15, 0.2) is 6.07 Å². The van der Waals surface area contributed by atoms with Crippen LogP contribution in [0.1, 0.15) is 26.1 Å². The van der Waals surface area contributed by atoms with Crippen molar-refractivity contribution in [2.45, 2.75) is 32.9 Å². The van der Waals surface area contributed by atoms with Crippen molar-refractivity contribution in [3.05, 3.63) is 11.9 Å². The number of hydrogen-bond acceptors (Lipinski definition) is 6. The van der Waals surface area contributed by atoms with Crippen LogP contribution >= 0.6 is 0 Å². The van der Waals surface area contributed by atoms with Gasteiger partial charge in [0.05, 0.1) is 0 Å². The summed E-state index contributed by atoms with van der Waals surface area (Å²) in [5.74, 6) is 2.13. The second kappa shape index (κ2) is 7.84.